The van der Waals surface area contributed by atoms with Gasteiger partial charge in [0.2, 0.25) is 5.91 Å². The van der Waals surface area contributed by atoms with Crippen LogP contribution in [0.15, 0.2) is 18.2 Å². The number of anilines is 1. The van der Waals surface area contributed by atoms with Crippen LogP contribution in [0, 0.1) is 5.82 Å². The first-order chi connectivity index (χ1) is 12.6. The second kappa shape index (κ2) is 8.66. The Morgan fingerprint density at radius 1 is 1.33 bits per heavy atom. The average Bonchev–Trinajstić information content (AvgIpc) is 2.58. The number of carboxylic acid groups (broad SMARTS) is 1. The van der Waals surface area contributed by atoms with Crippen molar-refractivity contribution in [1.82, 2.24) is 4.90 Å². The molecule has 1 aliphatic rings. The number of rotatable bonds is 6. The van der Waals surface area contributed by atoms with Crippen molar-refractivity contribution >= 4 is 27.5 Å². The van der Waals surface area contributed by atoms with Gasteiger partial charge in [-0.25, -0.2) is 22.5 Å². The summed E-state index contributed by atoms with van der Waals surface area (Å²) in [6.07, 6.45) is -1.83. The minimum absolute atomic E-state index is 0.0551. The molecule has 0 aliphatic carbocycles. The Balaban J connectivity index is 1.94. The van der Waals surface area contributed by atoms with Gasteiger partial charge in [0.05, 0.1) is 24.2 Å². The van der Waals surface area contributed by atoms with E-state index in [0.29, 0.717) is 29.0 Å². The van der Waals surface area contributed by atoms with Crippen LogP contribution < -0.4 is 5.32 Å². The number of imide groups is 1. The summed E-state index contributed by atoms with van der Waals surface area (Å²) in [7, 11) is -3.02. The first-order valence-electron chi connectivity index (χ1n) is 8.52. The van der Waals surface area contributed by atoms with Gasteiger partial charge >= 0.3 is 6.09 Å². The van der Waals surface area contributed by atoms with Crippen LogP contribution in [0.4, 0.5) is 14.9 Å². The summed E-state index contributed by atoms with van der Waals surface area (Å²) in [6, 6.07) is 4.46. The van der Waals surface area contributed by atoms with E-state index in [-0.39, 0.29) is 24.0 Å². The molecule has 8 nitrogen and oxygen atoms in total. The van der Waals surface area contributed by atoms with Crippen LogP contribution in [0.5, 0.6) is 0 Å². The van der Waals surface area contributed by atoms with Gasteiger partial charge in [-0.3, -0.25) is 4.79 Å². The van der Waals surface area contributed by atoms with Gasteiger partial charge in [0.1, 0.15) is 15.7 Å². The topological polar surface area (TPSA) is 124 Å². The molecule has 1 atom stereocenters. The van der Waals surface area contributed by atoms with Gasteiger partial charge in [-0.05, 0) is 36.5 Å². The van der Waals surface area contributed by atoms with E-state index in [0.717, 1.165) is 6.92 Å². The van der Waals surface area contributed by atoms with Gasteiger partial charge < -0.3 is 15.5 Å². The molecule has 1 aromatic carbocycles. The van der Waals surface area contributed by atoms with E-state index in [1.807, 2.05) is 0 Å². The van der Waals surface area contributed by atoms with Crippen LogP contribution in [0.1, 0.15) is 31.2 Å². The maximum absolute atomic E-state index is 14.4. The molecule has 0 saturated carbocycles. The monoisotopic (exact) mass is 402 g/mol. The van der Waals surface area contributed by atoms with Crippen molar-refractivity contribution in [1.29, 1.82) is 0 Å². The van der Waals surface area contributed by atoms with Crippen LogP contribution in [0.3, 0.4) is 0 Å². The number of nitrogens with zero attached hydrogens (tertiary/aromatic N) is 1. The van der Waals surface area contributed by atoms with Crippen molar-refractivity contribution in [3.8, 4) is 0 Å². The molecular weight excluding hydrogens is 379 g/mol. The molecule has 3 N–H and O–H groups in total. The summed E-state index contributed by atoms with van der Waals surface area (Å²) >= 11 is 0. The second-order valence-corrected chi connectivity index (χ2v) is 8.91. The normalized spacial score (nSPS) is 17.9. The molecule has 27 heavy (non-hydrogen) atoms. The molecule has 10 heteroatoms. The summed E-state index contributed by atoms with van der Waals surface area (Å²) < 4.78 is 37.4. The Kier molecular flexibility index (Phi) is 6.77. The SMILES string of the molecule is CC(=O)N(C[C@H](O)CNc1ccc(C2CCS(=O)(=O)CC2)c(F)c1)C(=O)O. The number of amides is 2. The smallest absolute Gasteiger partial charge is 0.414 e. The zero-order valence-electron chi connectivity index (χ0n) is 14.9. The minimum Gasteiger partial charge on any atom is -0.465 e. The van der Waals surface area contributed by atoms with Crippen molar-refractivity contribution in [3.63, 3.8) is 0 Å². The number of nitrogens with one attached hydrogen (secondary N) is 1. The fourth-order valence-electron chi connectivity index (χ4n) is 3.02. The summed E-state index contributed by atoms with van der Waals surface area (Å²) in [5.41, 5.74) is 0.855. The lowest BCUT2D eigenvalue weighted by Crippen LogP contribution is -2.42. The average molecular weight is 402 g/mol. The summed E-state index contributed by atoms with van der Waals surface area (Å²) in [5, 5.41) is 21.6. The number of benzene rings is 1. The maximum atomic E-state index is 14.4. The van der Waals surface area contributed by atoms with Gasteiger partial charge in [-0.15, -0.1) is 0 Å². The molecule has 0 spiro atoms. The van der Waals surface area contributed by atoms with Crippen molar-refractivity contribution in [2.75, 3.05) is 29.9 Å². The van der Waals surface area contributed by atoms with Crippen molar-refractivity contribution in [3.05, 3.63) is 29.6 Å². The van der Waals surface area contributed by atoms with Crippen molar-refractivity contribution in [2.24, 2.45) is 0 Å². The van der Waals surface area contributed by atoms with Gasteiger partial charge in [-0.2, -0.15) is 0 Å². The Labute approximate surface area is 156 Å². The van der Waals surface area contributed by atoms with Crippen molar-refractivity contribution in [2.45, 2.75) is 31.8 Å². The number of sulfone groups is 1. The third kappa shape index (κ3) is 5.90. The van der Waals surface area contributed by atoms with E-state index >= 15 is 0 Å². The molecular formula is C17H23FN2O6S. The van der Waals surface area contributed by atoms with E-state index in [1.165, 1.54) is 6.07 Å². The van der Waals surface area contributed by atoms with Crippen LogP contribution in [0.25, 0.3) is 0 Å². The van der Waals surface area contributed by atoms with Gasteiger partial charge in [0.15, 0.2) is 0 Å². The van der Waals surface area contributed by atoms with E-state index in [2.05, 4.69) is 5.32 Å². The van der Waals surface area contributed by atoms with Gasteiger partial charge in [0.25, 0.3) is 0 Å². The van der Waals surface area contributed by atoms with Crippen LogP contribution in [-0.2, 0) is 14.6 Å². The number of aliphatic hydroxyl groups is 1. The van der Waals surface area contributed by atoms with Crippen LogP contribution in [-0.4, -0.2) is 66.2 Å². The number of halogens is 1. The molecule has 1 fully saturated rings. The predicted molar refractivity (Wildman–Crippen MR) is 96.9 cm³/mol. The van der Waals surface area contributed by atoms with E-state index in [9.17, 15) is 27.5 Å². The second-order valence-electron chi connectivity index (χ2n) is 6.61. The van der Waals surface area contributed by atoms with E-state index in [1.54, 1.807) is 12.1 Å². The molecule has 1 heterocycles. The maximum Gasteiger partial charge on any atom is 0.414 e. The largest absolute Gasteiger partial charge is 0.465 e. The highest BCUT2D eigenvalue weighted by Crippen LogP contribution is 2.31. The highest BCUT2D eigenvalue weighted by atomic mass is 32.2. The molecule has 2 amide bonds. The number of hydrogen-bond acceptors (Lipinski definition) is 6. The summed E-state index contributed by atoms with van der Waals surface area (Å²) in [6.45, 7) is 0.616. The fourth-order valence-corrected chi connectivity index (χ4v) is 4.51. The Morgan fingerprint density at radius 2 is 1.96 bits per heavy atom. The first kappa shape index (κ1) is 21.1. The molecule has 150 valence electrons. The number of carbonyl (C=O) groups excluding carboxylic acids is 1. The predicted octanol–water partition coefficient (Wildman–Crippen LogP) is 1.42. The molecule has 0 radical (unpaired) electrons. The molecule has 1 aromatic rings. The molecule has 0 bridgehead atoms. The lowest BCUT2D eigenvalue weighted by atomic mass is 9.93. The third-order valence-corrected chi connectivity index (χ3v) is 6.26. The molecule has 0 unspecified atom stereocenters. The fraction of sp³-hybridized carbons (Fsp3) is 0.529. The number of hydrogen-bond donors (Lipinski definition) is 3. The lowest BCUT2D eigenvalue weighted by molar-refractivity contribution is -0.127. The zero-order valence-corrected chi connectivity index (χ0v) is 15.7. The Bertz CT molecular complexity index is 786. The standard InChI is InChI=1S/C17H23FN2O6S/c1-11(21)20(17(23)24)10-14(22)9-19-13-2-3-15(16(18)8-13)12-4-6-27(25,26)7-5-12/h2-3,8,12,14,19,22H,4-7,9-10H2,1H3,(H,23,24)/t14-/m1/s1. The third-order valence-electron chi connectivity index (χ3n) is 4.54. The van der Waals surface area contributed by atoms with Crippen molar-refractivity contribution < 1.29 is 32.6 Å². The van der Waals surface area contributed by atoms with Crippen LogP contribution in [0.2, 0.25) is 0 Å². The molecule has 2 rings (SSSR count). The number of aliphatic hydroxyl groups excluding tert-OH is 1. The highest BCUT2D eigenvalue weighted by Gasteiger charge is 2.26. The van der Waals surface area contributed by atoms with E-state index in [4.69, 9.17) is 5.11 Å². The Hall–Kier alpha value is -2.20. The minimum atomic E-state index is -3.02. The van der Waals surface area contributed by atoms with Gasteiger partial charge in [0, 0.05) is 19.2 Å². The van der Waals surface area contributed by atoms with Gasteiger partial charge in [-0.1, -0.05) is 6.07 Å². The first-order valence-corrected chi connectivity index (χ1v) is 10.3. The highest BCUT2D eigenvalue weighted by molar-refractivity contribution is 7.91. The lowest BCUT2D eigenvalue weighted by Gasteiger charge is -2.23. The zero-order chi connectivity index (χ0) is 20.2. The Morgan fingerprint density at radius 3 is 2.48 bits per heavy atom. The molecule has 0 aromatic heterocycles. The molecule has 1 aliphatic heterocycles. The number of carbonyl (C=O) groups is 2. The van der Waals surface area contributed by atoms with E-state index < -0.39 is 40.3 Å². The summed E-state index contributed by atoms with van der Waals surface area (Å²) in [4.78, 5) is 22.6. The molecule has 1 saturated heterocycles. The van der Waals surface area contributed by atoms with Crippen LogP contribution >= 0.6 is 0 Å². The summed E-state index contributed by atoms with van der Waals surface area (Å²) in [5.74, 6) is -1.20. The quantitative estimate of drug-likeness (QED) is 0.657.